The fourth-order valence-electron chi connectivity index (χ4n) is 2.38. The molecule has 0 saturated carbocycles. The highest BCUT2D eigenvalue weighted by atomic mass is 79.9. The minimum absolute atomic E-state index is 0.0252. The molecule has 0 atom stereocenters. The molecular weight excluding hydrogens is 452 g/mol. The Morgan fingerprint density at radius 3 is 2.70 bits per heavy atom. The van der Waals surface area contributed by atoms with Crippen molar-refractivity contribution in [2.24, 2.45) is 0 Å². The van der Waals surface area contributed by atoms with E-state index in [0.29, 0.717) is 21.1 Å². The molecule has 0 saturated heterocycles. The van der Waals surface area contributed by atoms with Gasteiger partial charge in [-0.3, -0.25) is 19.0 Å². The van der Waals surface area contributed by atoms with Gasteiger partial charge in [0.2, 0.25) is 0 Å². The minimum Gasteiger partial charge on any atom is -0.466 e. The molecule has 3 aromatic rings. The lowest BCUT2D eigenvalue weighted by Gasteiger charge is -2.12. The van der Waals surface area contributed by atoms with E-state index in [-0.39, 0.29) is 30.1 Å². The molecule has 0 aliphatic heterocycles. The van der Waals surface area contributed by atoms with Gasteiger partial charge in [0, 0.05) is 4.47 Å². The molecule has 3 rings (SSSR count). The molecule has 27 heavy (non-hydrogen) atoms. The number of esters is 1. The van der Waals surface area contributed by atoms with Gasteiger partial charge in [-0.15, -0.1) is 11.3 Å². The van der Waals surface area contributed by atoms with Gasteiger partial charge < -0.3 is 4.74 Å². The summed E-state index contributed by atoms with van der Waals surface area (Å²) in [6.07, 6.45) is -0.288. The number of nitrogens with zero attached hydrogens (tertiary/aromatic N) is 2. The summed E-state index contributed by atoms with van der Waals surface area (Å²) in [6, 6.07) is 9.05. The van der Waals surface area contributed by atoms with E-state index in [9.17, 15) is 14.4 Å². The fraction of sp³-hybridized carbons (Fsp3) is 0.222. The Balaban J connectivity index is 1.93. The number of rotatable bonds is 7. The molecule has 0 unspecified atom stereocenters. The lowest BCUT2D eigenvalue weighted by molar-refractivity contribution is -0.145. The zero-order valence-corrected chi connectivity index (χ0v) is 17.5. The van der Waals surface area contributed by atoms with Gasteiger partial charge in [0.15, 0.2) is 10.9 Å². The minimum atomic E-state index is -0.547. The van der Waals surface area contributed by atoms with Gasteiger partial charge in [-0.05, 0) is 42.6 Å². The third-order valence-corrected chi connectivity index (χ3v) is 5.96. The summed E-state index contributed by atoms with van der Waals surface area (Å²) in [6.45, 7) is 1.92. The monoisotopic (exact) mass is 466 g/mol. The number of halogens is 1. The number of hydrogen-bond donors (Lipinski definition) is 0. The molecule has 140 valence electrons. The number of carbonyl (C=O) groups excluding carboxylic acids is 2. The van der Waals surface area contributed by atoms with E-state index in [4.69, 9.17) is 4.74 Å². The zero-order valence-electron chi connectivity index (χ0n) is 14.3. The predicted octanol–water partition coefficient (Wildman–Crippen LogP) is 3.82. The molecule has 0 bridgehead atoms. The van der Waals surface area contributed by atoms with Gasteiger partial charge in [0.25, 0.3) is 5.56 Å². The maximum atomic E-state index is 13.0. The smallest absolute Gasteiger partial charge is 0.313 e. The molecule has 0 aliphatic carbocycles. The number of thiophene rings is 1. The molecule has 0 spiro atoms. The first-order chi connectivity index (χ1) is 13.0. The Morgan fingerprint density at radius 1 is 1.26 bits per heavy atom. The van der Waals surface area contributed by atoms with Crippen LogP contribution in [0.4, 0.5) is 0 Å². The van der Waals surface area contributed by atoms with E-state index in [1.54, 1.807) is 25.1 Å². The summed E-state index contributed by atoms with van der Waals surface area (Å²) in [5.41, 5.74) is 1.07. The van der Waals surface area contributed by atoms with Crippen LogP contribution < -0.4 is 5.56 Å². The summed E-state index contributed by atoms with van der Waals surface area (Å²) in [5.74, 6) is -0.799. The Kier molecular flexibility index (Phi) is 6.46. The number of benzene rings is 1. The number of thioether (sulfide) groups is 1. The first-order valence-corrected chi connectivity index (χ1v) is 10.7. The Hall–Kier alpha value is -1.97. The highest BCUT2D eigenvalue weighted by Crippen LogP contribution is 2.24. The number of hydrogen-bond acceptors (Lipinski definition) is 7. The van der Waals surface area contributed by atoms with Crippen LogP contribution in [0.3, 0.4) is 0 Å². The summed E-state index contributed by atoms with van der Waals surface area (Å²) >= 11 is 5.84. The molecule has 0 aliphatic rings. The van der Waals surface area contributed by atoms with Gasteiger partial charge in [0.1, 0.15) is 11.1 Å². The van der Waals surface area contributed by atoms with Gasteiger partial charge in [0.05, 0.1) is 23.6 Å². The van der Waals surface area contributed by atoms with Crippen LogP contribution in [-0.4, -0.2) is 33.7 Å². The highest BCUT2D eigenvalue weighted by molar-refractivity contribution is 9.10. The van der Waals surface area contributed by atoms with Crippen LogP contribution >= 0.6 is 39.0 Å². The topological polar surface area (TPSA) is 78.3 Å². The van der Waals surface area contributed by atoms with E-state index >= 15 is 0 Å². The number of aromatic nitrogens is 2. The highest BCUT2D eigenvalue weighted by Gasteiger charge is 2.17. The number of Topliss-reactive ketones (excluding diaryl/α,β-unsaturated/α-hetero) is 1. The van der Waals surface area contributed by atoms with Crippen molar-refractivity contribution in [2.45, 2.75) is 18.5 Å². The average molecular weight is 467 g/mol. The van der Waals surface area contributed by atoms with Crippen LogP contribution in [0.25, 0.3) is 15.9 Å². The van der Waals surface area contributed by atoms with Gasteiger partial charge >= 0.3 is 5.97 Å². The third kappa shape index (κ3) is 4.66. The van der Waals surface area contributed by atoms with Crippen molar-refractivity contribution < 1.29 is 14.3 Å². The van der Waals surface area contributed by atoms with Crippen molar-refractivity contribution in [3.8, 4) is 5.69 Å². The number of fused-ring (bicyclic) bond motifs is 1. The Labute approximate surface area is 171 Å². The second-order valence-electron chi connectivity index (χ2n) is 5.46. The van der Waals surface area contributed by atoms with E-state index in [0.717, 1.165) is 16.2 Å². The van der Waals surface area contributed by atoms with Crippen LogP contribution in [0.5, 0.6) is 0 Å². The molecule has 9 heteroatoms. The molecule has 2 heterocycles. The van der Waals surface area contributed by atoms with Crippen LogP contribution in [0.2, 0.25) is 0 Å². The number of ketones is 1. The van der Waals surface area contributed by atoms with Crippen LogP contribution in [-0.2, 0) is 14.3 Å². The number of carbonyl (C=O) groups is 2. The molecule has 0 radical (unpaired) electrons. The van der Waals surface area contributed by atoms with Crippen molar-refractivity contribution >= 4 is 61.0 Å². The summed E-state index contributed by atoms with van der Waals surface area (Å²) in [5, 5.41) is 2.22. The normalized spacial score (nSPS) is 10.9. The second-order valence-corrected chi connectivity index (χ2v) is 8.23. The molecule has 2 aromatic heterocycles. The molecule has 0 amide bonds. The van der Waals surface area contributed by atoms with Crippen molar-refractivity contribution in [3.63, 3.8) is 0 Å². The maximum absolute atomic E-state index is 13.0. The standard InChI is InChI=1S/C18H15BrN2O4S2/c1-2-25-15(23)9-13(22)10-27-18-20-14-7-8-26-16(14)17(24)21(18)12-5-3-11(19)4-6-12/h3-8H,2,9-10H2,1H3. The lowest BCUT2D eigenvalue weighted by atomic mass is 10.3. The van der Waals surface area contributed by atoms with E-state index in [1.807, 2.05) is 17.5 Å². The van der Waals surface area contributed by atoms with Crippen molar-refractivity contribution in [1.82, 2.24) is 9.55 Å². The largest absolute Gasteiger partial charge is 0.466 e. The summed E-state index contributed by atoms with van der Waals surface area (Å²) < 4.78 is 7.73. The van der Waals surface area contributed by atoms with E-state index in [2.05, 4.69) is 20.9 Å². The summed E-state index contributed by atoms with van der Waals surface area (Å²) in [7, 11) is 0. The zero-order chi connectivity index (χ0) is 19.4. The third-order valence-electron chi connectivity index (χ3n) is 3.54. The summed E-state index contributed by atoms with van der Waals surface area (Å²) in [4.78, 5) is 41.0. The second kappa shape index (κ2) is 8.81. The Morgan fingerprint density at radius 2 is 2.00 bits per heavy atom. The molecule has 6 nitrogen and oxygen atoms in total. The van der Waals surface area contributed by atoms with Gasteiger partial charge in [-0.25, -0.2) is 4.98 Å². The van der Waals surface area contributed by atoms with E-state index < -0.39 is 5.97 Å². The quantitative estimate of drug-likeness (QED) is 0.228. The van der Waals surface area contributed by atoms with Crippen LogP contribution in [0.15, 0.2) is 50.1 Å². The maximum Gasteiger partial charge on any atom is 0.313 e. The molecular formula is C18H15BrN2O4S2. The number of ether oxygens (including phenoxy) is 1. The molecule has 0 N–H and O–H groups in total. The van der Waals surface area contributed by atoms with Crippen molar-refractivity contribution in [2.75, 3.05) is 12.4 Å². The average Bonchev–Trinajstić information content (AvgIpc) is 3.10. The van der Waals surface area contributed by atoms with Crippen LogP contribution in [0, 0.1) is 0 Å². The van der Waals surface area contributed by atoms with Crippen molar-refractivity contribution in [3.05, 3.63) is 50.5 Å². The Bertz CT molecular complexity index is 1040. The molecule has 1 aromatic carbocycles. The van der Waals surface area contributed by atoms with E-state index in [1.165, 1.54) is 15.9 Å². The van der Waals surface area contributed by atoms with Crippen LogP contribution in [0.1, 0.15) is 13.3 Å². The SMILES string of the molecule is CCOC(=O)CC(=O)CSc1nc2ccsc2c(=O)n1-c1ccc(Br)cc1. The lowest BCUT2D eigenvalue weighted by Crippen LogP contribution is -2.21. The predicted molar refractivity (Wildman–Crippen MR) is 110 cm³/mol. The molecule has 0 fully saturated rings. The fourth-order valence-corrected chi connectivity index (χ4v) is 4.27. The first-order valence-electron chi connectivity index (χ1n) is 8.06. The van der Waals surface area contributed by atoms with Crippen molar-refractivity contribution in [1.29, 1.82) is 0 Å². The van der Waals surface area contributed by atoms with Gasteiger partial charge in [-0.1, -0.05) is 27.7 Å². The van der Waals surface area contributed by atoms with Gasteiger partial charge in [-0.2, -0.15) is 0 Å². The first kappa shape index (κ1) is 19.8.